The second-order valence-electron chi connectivity index (χ2n) is 5.60. The van der Waals surface area contributed by atoms with E-state index in [0.29, 0.717) is 11.3 Å². The highest BCUT2D eigenvalue weighted by molar-refractivity contribution is 5.95. The van der Waals surface area contributed by atoms with E-state index in [1.807, 2.05) is 12.1 Å². The number of anilines is 1. The quantitative estimate of drug-likeness (QED) is 0.668. The lowest BCUT2D eigenvalue weighted by molar-refractivity contribution is -0.147. The predicted molar refractivity (Wildman–Crippen MR) is 96.6 cm³/mol. The van der Waals surface area contributed by atoms with E-state index in [9.17, 15) is 14.0 Å². The molecule has 0 spiro atoms. The van der Waals surface area contributed by atoms with Crippen molar-refractivity contribution in [3.05, 3.63) is 59.9 Å². The Kier molecular flexibility index (Phi) is 7.32. The summed E-state index contributed by atoms with van der Waals surface area (Å²) in [5.74, 6) is -1.59. The Morgan fingerprint density at radius 1 is 1.19 bits per heavy atom. The van der Waals surface area contributed by atoms with Crippen LogP contribution in [-0.2, 0) is 20.7 Å². The van der Waals surface area contributed by atoms with Crippen molar-refractivity contribution >= 4 is 17.6 Å². The molecule has 1 amide bonds. The van der Waals surface area contributed by atoms with Gasteiger partial charge in [0.25, 0.3) is 5.91 Å². The molecule has 0 unspecified atom stereocenters. The standard InChI is InChI=1S/C20H19FN2O4/c1-26-18-9-8-15(12-17(18)21)13-20(25)27-14-19(24)23(11-5-10-22)16-6-3-2-4-7-16/h2-4,6-9,12H,5,11,13-14H2,1H3. The average molecular weight is 370 g/mol. The number of hydrogen-bond donors (Lipinski definition) is 0. The Balaban J connectivity index is 1.95. The smallest absolute Gasteiger partial charge is 0.310 e. The molecule has 0 saturated heterocycles. The summed E-state index contributed by atoms with van der Waals surface area (Å²) in [6, 6.07) is 15.0. The van der Waals surface area contributed by atoms with Crippen molar-refractivity contribution in [2.45, 2.75) is 12.8 Å². The summed E-state index contributed by atoms with van der Waals surface area (Å²) in [7, 11) is 1.35. The number of benzene rings is 2. The molecule has 6 nitrogen and oxygen atoms in total. The first kappa shape index (κ1) is 19.9. The van der Waals surface area contributed by atoms with E-state index in [4.69, 9.17) is 14.7 Å². The zero-order valence-corrected chi connectivity index (χ0v) is 14.9. The number of rotatable bonds is 8. The third kappa shape index (κ3) is 5.82. The first-order valence-electron chi connectivity index (χ1n) is 8.25. The number of ether oxygens (including phenoxy) is 2. The van der Waals surface area contributed by atoms with Crippen LogP contribution in [-0.4, -0.2) is 32.1 Å². The van der Waals surface area contributed by atoms with Gasteiger partial charge in [0.1, 0.15) is 0 Å². The summed E-state index contributed by atoms with van der Waals surface area (Å²) in [4.78, 5) is 25.8. The largest absolute Gasteiger partial charge is 0.494 e. The van der Waals surface area contributed by atoms with Gasteiger partial charge in [-0.2, -0.15) is 5.26 Å². The second kappa shape index (κ2) is 9.92. The lowest BCUT2D eigenvalue weighted by atomic mass is 10.1. The summed E-state index contributed by atoms with van der Waals surface area (Å²) >= 11 is 0. The molecule has 0 atom stereocenters. The van der Waals surface area contributed by atoms with E-state index < -0.39 is 24.3 Å². The Bertz CT molecular complexity index is 834. The van der Waals surface area contributed by atoms with Gasteiger partial charge in [-0.1, -0.05) is 24.3 Å². The van der Waals surface area contributed by atoms with Gasteiger partial charge in [-0.25, -0.2) is 4.39 Å². The van der Waals surface area contributed by atoms with E-state index in [0.717, 1.165) is 0 Å². The van der Waals surface area contributed by atoms with Crippen LogP contribution >= 0.6 is 0 Å². The molecule has 0 bridgehead atoms. The maximum atomic E-state index is 13.7. The number of methoxy groups -OCH3 is 1. The summed E-state index contributed by atoms with van der Waals surface area (Å²) < 4.78 is 23.5. The fraction of sp³-hybridized carbons (Fsp3) is 0.250. The number of nitriles is 1. The summed E-state index contributed by atoms with van der Waals surface area (Å²) in [6.45, 7) is -0.265. The van der Waals surface area contributed by atoms with Gasteiger partial charge in [-0.05, 0) is 29.8 Å². The number of para-hydroxylation sites is 1. The highest BCUT2D eigenvalue weighted by Crippen LogP contribution is 2.18. The monoisotopic (exact) mass is 370 g/mol. The first-order chi connectivity index (χ1) is 13.0. The van der Waals surface area contributed by atoms with Crippen LogP contribution in [0.2, 0.25) is 0 Å². The molecular weight excluding hydrogens is 351 g/mol. The molecule has 0 saturated carbocycles. The van der Waals surface area contributed by atoms with E-state index in [1.165, 1.54) is 24.1 Å². The van der Waals surface area contributed by atoms with E-state index >= 15 is 0 Å². The predicted octanol–water partition coefficient (Wildman–Crippen LogP) is 2.87. The van der Waals surface area contributed by atoms with Crippen LogP contribution in [0.4, 0.5) is 10.1 Å². The molecule has 7 heteroatoms. The number of amides is 1. The van der Waals surface area contributed by atoms with Gasteiger partial charge in [0.2, 0.25) is 0 Å². The molecule has 0 fully saturated rings. The minimum atomic E-state index is -0.652. The summed E-state index contributed by atoms with van der Waals surface area (Å²) in [5.41, 5.74) is 1.03. The maximum Gasteiger partial charge on any atom is 0.310 e. The van der Waals surface area contributed by atoms with Gasteiger partial charge < -0.3 is 14.4 Å². The first-order valence-corrected chi connectivity index (χ1v) is 8.25. The fourth-order valence-electron chi connectivity index (χ4n) is 2.43. The molecule has 2 aromatic rings. The Morgan fingerprint density at radius 2 is 1.93 bits per heavy atom. The molecular formula is C20H19FN2O4. The number of carbonyl (C=O) groups is 2. The number of halogens is 1. The average Bonchev–Trinajstić information content (AvgIpc) is 2.67. The van der Waals surface area contributed by atoms with Gasteiger partial charge in [-0.3, -0.25) is 9.59 Å². The number of esters is 1. The van der Waals surface area contributed by atoms with Crippen molar-refractivity contribution in [2.24, 2.45) is 0 Å². The number of nitrogens with zero attached hydrogens (tertiary/aromatic N) is 2. The van der Waals surface area contributed by atoms with E-state index in [2.05, 4.69) is 0 Å². The molecule has 0 aliphatic heterocycles. The SMILES string of the molecule is COc1ccc(CC(=O)OCC(=O)N(CCC#N)c2ccccc2)cc1F. The molecule has 0 N–H and O–H groups in total. The second-order valence-corrected chi connectivity index (χ2v) is 5.60. The zero-order chi connectivity index (χ0) is 19.6. The van der Waals surface area contributed by atoms with Crippen LogP contribution in [0.25, 0.3) is 0 Å². The molecule has 0 aliphatic rings. The summed E-state index contributed by atoms with van der Waals surface area (Å²) in [6.07, 6.45) is -0.0164. The summed E-state index contributed by atoms with van der Waals surface area (Å²) in [5, 5.41) is 8.77. The van der Waals surface area contributed by atoms with Crippen LogP contribution in [0.3, 0.4) is 0 Å². The van der Waals surface area contributed by atoms with Gasteiger partial charge in [-0.15, -0.1) is 0 Å². The van der Waals surface area contributed by atoms with Crippen LogP contribution in [0.15, 0.2) is 48.5 Å². The normalized spacial score (nSPS) is 9.96. The zero-order valence-electron chi connectivity index (χ0n) is 14.9. The molecule has 0 aliphatic carbocycles. The van der Waals surface area contributed by atoms with Crippen LogP contribution in [0.1, 0.15) is 12.0 Å². The van der Waals surface area contributed by atoms with E-state index in [1.54, 1.807) is 30.3 Å². The van der Waals surface area contributed by atoms with Gasteiger partial charge >= 0.3 is 5.97 Å². The maximum absolute atomic E-state index is 13.7. The lowest BCUT2D eigenvalue weighted by Gasteiger charge is -2.21. The number of hydrogen-bond acceptors (Lipinski definition) is 5. The minimum Gasteiger partial charge on any atom is -0.494 e. The van der Waals surface area contributed by atoms with Crippen molar-refractivity contribution in [3.8, 4) is 11.8 Å². The fourth-order valence-corrected chi connectivity index (χ4v) is 2.43. The van der Waals surface area contributed by atoms with Crippen LogP contribution in [0.5, 0.6) is 5.75 Å². The molecule has 0 heterocycles. The third-order valence-corrected chi connectivity index (χ3v) is 3.74. The van der Waals surface area contributed by atoms with Gasteiger partial charge in [0.05, 0.1) is 26.0 Å². The molecule has 2 rings (SSSR count). The molecule has 27 heavy (non-hydrogen) atoms. The van der Waals surface area contributed by atoms with Crippen molar-refractivity contribution in [1.29, 1.82) is 5.26 Å². The highest BCUT2D eigenvalue weighted by atomic mass is 19.1. The van der Waals surface area contributed by atoms with Crippen LogP contribution < -0.4 is 9.64 Å². The minimum absolute atomic E-state index is 0.0818. The van der Waals surface area contributed by atoms with Crippen molar-refractivity contribution in [2.75, 3.05) is 25.2 Å². The van der Waals surface area contributed by atoms with Gasteiger partial charge in [0.15, 0.2) is 18.2 Å². The van der Waals surface area contributed by atoms with Crippen molar-refractivity contribution in [1.82, 2.24) is 0 Å². The topological polar surface area (TPSA) is 79.6 Å². The Labute approximate surface area is 156 Å². The van der Waals surface area contributed by atoms with Crippen molar-refractivity contribution in [3.63, 3.8) is 0 Å². The Morgan fingerprint density at radius 3 is 2.56 bits per heavy atom. The highest BCUT2D eigenvalue weighted by Gasteiger charge is 2.17. The molecule has 0 aromatic heterocycles. The van der Waals surface area contributed by atoms with Crippen molar-refractivity contribution < 1.29 is 23.5 Å². The molecule has 2 aromatic carbocycles. The third-order valence-electron chi connectivity index (χ3n) is 3.74. The van der Waals surface area contributed by atoms with E-state index in [-0.39, 0.29) is 25.1 Å². The number of carbonyl (C=O) groups excluding carboxylic acids is 2. The lowest BCUT2D eigenvalue weighted by Crippen LogP contribution is -2.35. The molecule has 0 radical (unpaired) electrons. The van der Waals surface area contributed by atoms with Crippen LogP contribution in [0, 0.1) is 17.1 Å². The Hall–Kier alpha value is -3.40. The van der Waals surface area contributed by atoms with Gasteiger partial charge in [0, 0.05) is 12.2 Å². The molecule has 140 valence electrons.